The van der Waals surface area contributed by atoms with Crippen molar-refractivity contribution in [3.8, 4) is 17.1 Å². The lowest BCUT2D eigenvalue weighted by molar-refractivity contribution is 0.241. The lowest BCUT2D eigenvalue weighted by Crippen LogP contribution is -2.35. The van der Waals surface area contributed by atoms with Crippen molar-refractivity contribution in [3.05, 3.63) is 112 Å². The molecule has 3 heterocycles. The monoisotopic (exact) mass is 477 g/mol. The zero-order valence-corrected chi connectivity index (χ0v) is 19.8. The Morgan fingerprint density at radius 1 is 1.03 bits per heavy atom. The third kappa shape index (κ3) is 4.48. The third-order valence-electron chi connectivity index (χ3n) is 6.72. The summed E-state index contributed by atoms with van der Waals surface area (Å²) in [4.78, 5) is 26.2. The van der Waals surface area contributed by atoms with Crippen LogP contribution in [0.15, 0.2) is 83.8 Å². The van der Waals surface area contributed by atoms with Crippen molar-refractivity contribution in [1.82, 2.24) is 19.9 Å². The van der Waals surface area contributed by atoms with Crippen LogP contribution in [-0.4, -0.2) is 26.4 Å². The number of benzene rings is 3. The number of nitrogen functional groups attached to an aromatic ring is 1. The number of hydrogen-bond acceptors (Lipinski definition) is 5. The van der Waals surface area contributed by atoms with Crippen LogP contribution in [0.3, 0.4) is 0 Å². The van der Waals surface area contributed by atoms with Crippen molar-refractivity contribution < 1.29 is 4.74 Å². The van der Waals surface area contributed by atoms with E-state index in [1.54, 1.807) is 0 Å². The number of anilines is 1. The standard InChI is InChI=1S/C29H27N5O2/c30-22-8-6-20(7-9-22)28-32-27-17-34(13-12-24(27)29(35)33-28)16-21-15-31-26-11-10-23(14-25(21)26)36-18-19-4-2-1-3-5-19/h1-11,14-15,31H,12-13,16-18,30H2,(H,32,33,35). The molecule has 36 heavy (non-hydrogen) atoms. The molecule has 1 aliphatic rings. The molecule has 0 spiro atoms. The number of hydrogen-bond donors (Lipinski definition) is 3. The second kappa shape index (κ2) is 9.36. The Hall–Kier alpha value is -4.36. The van der Waals surface area contributed by atoms with Crippen LogP contribution in [0.5, 0.6) is 5.75 Å². The van der Waals surface area contributed by atoms with E-state index in [2.05, 4.69) is 45.3 Å². The Morgan fingerprint density at radius 3 is 2.69 bits per heavy atom. The summed E-state index contributed by atoms with van der Waals surface area (Å²) >= 11 is 0. The van der Waals surface area contributed by atoms with Crippen LogP contribution in [0.25, 0.3) is 22.3 Å². The maximum Gasteiger partial charge on any atom is 0.254 e. The van der Waals surface area contributed by atoms with Crippen molar-refractivity contribution in [2.24, 2.45) is 0 Å². The van der Waals surface area contributed by atoms with Gasteiger partial charge in [-0.05, 0) is 60.0 Å². The summed E-state index contributed by atoms with van der Waals surface area (Å²) in [7, 11) is 0. The molecule has 0 unspecified atom stereocenters. The van der Waals surface area contributed by atoms with E-state index in [-0.39, 0.29) is 5.56 Å². The molecule has 1 aliphatic heterocycles. The SMILES string of the molecule is Nc1ccc(-c2nc3c(c(=O)[nH]2)CCN(Cc2c[nH]c4ccc(OCc5ccccc5)cc24)C3)cc1. The summed E-state index contributed by atoms with van der Waals surface area (Å²) < 4.78 is 6.05. The molecule has 6 rings (SSSR count). The zero-order valence-electron chi connectivity index (χ0n) is 19.8. The molecular formula is C29H27N5O2. The van der Waals surface area contributed by atoms with Gasteiger partial charge in [-0.3, -0.25) is 9.69 Å². The van der Waals surface area contributed by atoms with Crippen LogP contribution in [0.2, 0.25) is 0 Å². The minimum Gasteiger partial charge on any atom is -0.489 e. The van der Waals surface area contributed by atoms with Gasteiger partial charge in [-0.25, -0.2) is 4.98 Å². The van der Waals surface area contributed by atoms with E-state index in [1.165, 1.54) is 5.56 Å². The predicted octanol–water partition coefficient (Wildman–Crippen LogP) is 4.64. The highest BCUT2D eigenvalue weighted by Gasteiger charge is 2.22. The molecule has 5 aromatic rings. The summed E-state index contributed by atoms with van der Waals surface area (Å²) in [5.74, 6) is 1.42. The minimum absolute atomic E-state index is 0.0567. The Labute approximate surface area is 208 Å². The largest absolute Gasteiger partial charge is 0.489 e. The van der Waals surface area contributed by atoms with Gasteiger partial charge in [-0.15, -0.1) is 0 Å². The molecule has 7 heteroatoms. The summed E-state index contributed by atoms with van der Waals surface area (Å²) in [5, 5.41) is 1.15. The average Bonchev–Trinajstić information content (AvgIpc) is 3.30. The van der Waals surface area contributed by atoms with Gasteiger partial charge >= 0.3 is 0 Å². The Bertz CT molecular complexity index is 1570. The van der Waals surface area contributed by atoms with Crippen molar-refractivity contribution >= 4 is 16.6 Å². The van der Waals surface area contributed by atoms with Gasteiger partial charge in [0.25, 0.3) is 5.56 Å². The highest BCUT2D eigenvalue weighted by Crippen LogP contribution is 2.27. The molecule has 0 amide bonds. The van der Waals surface area contributed by atoms with E-state index in [0.717, 1.165) is 52.1 Å². The zero-order chi connectivity index (χ0) is 24.5. The molecule has 4 N–H and O–H groups in total. The maximum atomic E-state index is 12.8. The van der Waals surface area contributed by atoms with Crippen LogP contribution in [0.4, 0.5) is 5.69 Å². The van der Waals surface area contributed by atoms with Gasteiger partial charge in [0.15, 0.2) is 0 Å². The maximum absolute atomic E-state index is 12.8. The summed E-state index contributed by atoms with van der Waals surface area (Å²) in [6.45, 7) is 2.72. The van der Waals surface area contributed by atoms with Crippen molar-refractivity contribution in [1.29, 1.82) is 0 Å². The molecule has 3 aromatic carbocycles. The molecule has 0 saturated carbocycles. The van der Waals surface area contributed by atoms with Crippen LogP contribution in [0, 0.1) is 0 Å². The topological polar surface area (TPSA) is 100 Å². The number of nitrogens with one attached hydrogen (secondary N) is 2. The van der Waals surface area contributed by atoms with Gasteiger partial charge in [0.2, 0.25) is 0 Å². The Morgan fingerprint density at radius 2 is 1.86 bits per heavy atom. The van der Waals surface area contributed by atoms with Gasteiger partial charge in [0, 0.05) is 53.5 Å². The fraction of sp³-hybridized carbons (Fsp3) is 0.172. The second-order valence-corrected chi connectivity index (χ2v) is 9.22. The molecule has 180 valence electrons. The number of nitrogens with zero attached hydrogens (tertiary/aromatic N) is 2. The van der Waals surface area contributed by atoms with E-state index in [1.807, 2.05) is 48.5 Å². The Balaban J connectivity index is 1.21. The molecule has 2 aromatic heterocycles. The quantitative estimate of drug-likeness (QED) is 0.310. The molecule has 0 atom stereocenters. The number of fused-ring (bicyclic) bond motifs is 2. The highest BCUT2D eigenvalue weighted by atomic mass is 16.5. The van der Waals surface area contributed by atoms with Gasteiger partial charge in [0.1, 0.15) is 18.2 Å². The Kier molecular flexibility index (Phi) is 5.75. The first kappa shape index (κ1) is 22.1. The van der Waals surface area contributed by atoms with Crippen LogP contribution < -0.4 is 16.0 Å². The molecular weight excluding hydrogens is 450 g/mol. The molecule has 7 nitrogen and oxygen atoms in total. The molecule has 0 radical (unpaired) electrons. The van der Waals surface area contributed by atoms with E-state index in [9.17, 15) is 4.79 Å². The summed E-state index contributed by atoms with van der Waals surface area (Å²) in [6.07, 6.45) is 2.74. The van der Waals surface area contributed by atoms with Crippen LogP contribution in [0.1, 0.15) is 22.4 Å². The van der Waals surface area contributed by atoms with E-state index in [0.29, 0.717) is 31.1 Å². The fourth-order valence-electron chi connectivity index (χ4n) is 4.77. The average molecular weight is 478 g/mol. The van der Waals surface area contributed by atoms with Crippen molar-refractivity contribution in [3.63, 3.8) is 0 Å². The van der Waals surface area contributed by atoms with E-state index < -0.39 is 0 Å². The number of aromatic amines is 2. The van der Waals surface area contributed by atoms with E-state index >= 15 is 0 Å². The summed E-state index contributed by atoms with van der Waals surface area (Å²) in [6, 6.07) is 23.7. The number of ether oxygens (including phenoxy) is 1. The minimum atomic E-state index is -0.0567. The smallest absolute Gasteiger partial charge is 0.254 e. The van der Waals surface area contributed by atoms with Gasteiger partial charge in [-0.2, -0.15) is 0 Å². The first-order valence-electron chi connectivity index (χ1n) is 12.1. The number of rotatable bonds is 6. The third-order valence-corrected chi connectivity index (χ3v) is 6.72. The van der Waals surface area contributed by atoms with Crippen LogP contribution in [-0.2, 0) is 26.1 Å². The van der Waals surface area contributed by atoms with Crippen molar-refractivity contribution in [2.75, 3.05) is 12.3 Å². The summed E-state index contributed by atoms with van der Waals surface area (Å²) in [5.41, 5.74) is 12.3. The second-order valence-electron chi connectivity index (χ2n) is 9.22. The molecule has 0 saturated heterocycles. The number of H-pyrrole nitrogens is 2. The van der Waals surface area contributed by atoms with Gasteiger partial charge in [0.05, 0.1) is 5.69 Å². The number of aromatic nitrogens is 3. The first-order chi connectivity index (χ1) is 17.6. The normalized spacial score (nSPS) is 13.6. The lowest BCUT2D eigenvalue weighted by atomic mass is 10.0. The van der Waals surface area contributed by atoms with Crippen LogP contribution >= 0.6 is 0 Å². The van der Waals surface area contributed by atoms with Crippen molar-refractivity contribution in [2.45, 2.75) is 26.1 Å². The highest BCUT2D eigenvalue weighted by molar-refractivity contribution is 5.84. The van der Waals surface area contributed by atoms with E-state index in [4.69, 9.17) is 15.5 Å². The molecule has 0 fully saturated rings. The lowest BCUT2D eigenvalue weighted by Gasteiger charge is -2.27. The fourth-order valence-corrected chi connectivity index (χ4v) is 4.77. The van der Waals surface area contributed by atoms with Gasteiger partial charge in [-0.1, -0.05) is 30.3 Å². The first-order valence-corrected chi connectivity index (χ1v) is 12.1. The molecule has 0 aliphatic carbocycles. The van der Waals surface area contributed by atoms with Gasteiger partial charge < -0.3 is 20.4 Å². The number of nitrogens with two attached hydrogens (primary N) is 1. The predicted molar refractivity (Wildman–Crippen MR) is 142 cm³/mol. The molecule has 0 bridgehead atoms.